The zero-order chi connectivity index (χ0) is 20.0. The first-order valence-electron chi connectivity index (χ1n) is 10.6. The van der Waals surface area contributed by atoms with Gasteiger partial charge in [0.05, 0.1) is 12.2 Å². The summed E-state index contributed by atoms with van der Waals surface area (Å²) in [5, 5.41) is 3.40. The lowest BCUT2D eigenvalue weighted by atomic mass is 9.97. The molecule has 0 saturated carbocycles. The van der Waals surface area contributed by atoms with Crippen molar-refractivity contribution in [1.82, 2.24) is 5.32 Å². The molecular weight excluding hydrogens is 364 g/mol. The van der Waals surface area contributed by atoms with E-state index in [0.29, 0.717) is 6.42 Å². The Morgan fingerprint density at radius 2 is 1.69 bits per heavy atom. The predicted molar refractivity (Wildman–Crippen MR) is 112 cm³/mol. The minimum atomic E-state index is -0.291. The zero-order valence-corrected chi connectivity index (χ0v) is 17.1. The maximum atomic E-state index is 12.7. The second-order valence-corrected chi connectivity index (χ2v) is 8.47. The molecule has 2 fully saturated rings. The van der Waals surface area contributed by atoms with Gasteiger partial charge in [-0.3, -0.25) is 4.79 Å². The van der Waals surface area contributed by atoms with Gasteiger partial charge in [0.15, 0.2) is 6.29 Å². The fraction of sp³-hybridized carbons (Fsp3) is 0.458. The Kier molecular flexibility index (Phi) is 4.90. The van der Waals surface area contributed by atoms with Crippen molar-refractivity contribution in [3.63, 3.8) is 0 Å². The van der Waals surface area contributed by atoms with E-state index in [1.54, 1.807) is 0 Å². The molecule has 1 amide bonds. The Morgan fingerprint density at radius 1 is 0.966 bits per heavy atom. The molecule has 3 aliphatic rings. The van der Waals surface area contributed by atoms with E-state index >= 15 is 0 Å². The van der Waals surface area contributed by atoms with Crippen molar-refractivity contribution in [3.05, 3.63) is 64.7 Å². The number of nitrogens with zero attached hydrogens (tertiary/aromatic N) is 1. The van der Waals surface area contributed by atoms with Crippen LogP contribution in [0.5, 0.6) is 0 Å². The van der Waals surface area contributed by atoms with Gasteiger partial charge in [0.25, 0.3) is 0 Å². The molecule has 5 heteroatoms. The third kappa shape index (κ3) is 3.59. The Balaban J connectivity index is 1.30. The topological polar surface area (TPSA) is 50.8 Å². The van der Waals surface area contributed by atoms with Gasteiger partial charge in [-0.15, -0.1) is 0 Å². The molecule has 3 heterocycles. The van der Waals surface area contributed by atoms with Crippen molar-refractivity contribution in [2.75, 3.05) is 18.0 Å². The van der Waals surface area contributed by atoms with Crippen LogP contribution in [0.4, 0.5) is 5.69 Å². The van der Waals surface area contributed by atoms with Gasteiger partial charge in [-0.2, -0.15) is 0 Å². The van der Waals surface area contributed by atoms with Gasteiger partial charge in [-0.25, -0.2) is 0 Å². The number of amides is 1. The maximum absolute atomic E-state index is 12.7. The summed E-state index contributed by atoms with van der Waals surface area (Å²) in [5.41, 5.74) is 5.98. The van der Waals surface area contributed by atoms with Gasteiger partial charge < -0.3 is 19.7 Å². The largest absolute Gasteiger partial charge is 0.343 e. The van der Waals surface area contributed by atoms with Crippen LogP contribution in [0.2, 0.25) is 0 Å². The second-order valence-electron chi connectivity index (χ2n) is 8.47. The van der Waals surface area contributed by atoms with Crippen LogP contribution >= 0.6 is 0 Å². The molecule has 5 rings (SSSR count). The van der Waals surface area contributed by atoms with Gasteiger partial charge in [-0.05, 0) is 55.6 Å². The number of rotatable bonds is 3. The molecule has 2 aromatic rings. The standard InChI is InChI=1S/C24H28N2O3/c1-15-16(2)29-24(28-15)18-5-3-17(4-6-18)21-12-23(27)26(14-21)22-8-7-20-13-25-10-9-19(20)11-22/h3-8,11,15-16,21,24-25H,9-10,12-14H2,1-2H3/t15-,16-,21?/m0/s1. The van der Waals surface area contributed by atoms with Crippen LogP contribution in [0.3, 0.4) is 0 Å². The Morgan fingerprint density at radius 3 is 2.45 bits per heavy atom. The summed E-state index contributed by atoms with van der Waals surface area (Å²) in [6, 6.07) is 14.8. The van der Waals surface area contributed by atoms with Crippen LogP contribution in [0.15, 0.2) is 42.5 Å². The predicted octanol–water partition coefficient (Wildman–Crippen LogP) is 3.68. The molecule has 1 N–H and O–H groups in total. The molecule has 3 aliphatic heterocycles. The molecule has 1 unspecified atom stereocenters. The number of benzene rings is 2. The van der Waals surface area contributed by atoms with Crippen molar-refractivity contribution < 1.29 is 14.3 Å². The molecule has 0 bridgehead atoms. The highest BCUT2D eigenvalue weighted by atomic mass is 16.7. The summed E-state index contributed by atoms with van der Waals surface area (Å²) in [7, 11) is 0. The number of carbonyl (C=O) groups excluding carboxylic acids is 1. The maximum Gasteiger partial charge on any atom is 0.227 e. The summed E-state index contributed by atoms with van der Waals surface area (Å²) < 4.78 is 11.7. The highest BCUT2D eigenvalue weighted by Crippen LogP contribution is 2.35. The summed E-state index contributed by atoms with van der Waals surface area (Å²) in [5.74, 6) is 0.426. The average molecular weight is 392 g/mol. The number of anilines is 1. The van der Waals surface area contributed by atoms with Gasteiger partial charge >= 0.3 is 0 Å². The van der Waals surface area contributed by atoms with Gasteiger partial charge in [-0.1, -0.05) is 30.3 Å². The van der Waals surface area contributed by atoms with Gasteiger partial charge in [0.2, 0.25) is 5.91 Å². The van der Waals surface area contributed by atoms with Crippen LogP contribution < -0.4 is 10.2 Å². The van der Waals surface area contributed by atoms with Crippen molar-refractivity contribution in [2.45, 2.75) is 57.6 Å². The Labute approximate surface area is 172 Å². The molecule has 0 spiro atoms. The van der Waals surface area contributed by atoms with Crippen LogP contribution in [-0.4, -0.2) is 31.2 Å². The number of hydrogen-bond donors (Lipinski definition) is 1. The molecule has 0 aromatic heterocycles. The second kappa shape index (κ2) is 7.56. The van der Waals surface area contributed by atoms with E-state index in [2.05, 4.69) is 47.8 Å². The molecule has 5 nitrogen and oxygen atoms in total. The number of ether oxygens (including phenoxy) is 2. The zero-order valence-electron chi connectivity index (χ0n) is 17.1. The van der Waals surface area contributed by atoms with E-state index in [4.69, 9.17) is 9.47 Å². The third-order valence-corrected chi connectivity index (χ3v) is 6.53. The molecule has 2 aromatic carbocycles. The molecule has 2 saturated heterocycles. The van der Waals surface area contributed by atoms with E-state index in [9.17, 15) is 4.79 Å². The molecule has 3 atom stereocenters. The van der Waals surface area contributed by atoms with Crippen LogP contribution in [0.25, 0.3) is 0 Å². The molecule has 0 aliphatic carbocycles. The smallest absolute Gasteiger partial charge is 0.227 e. The first-order chi connectivity index (χ1) is 14.1. The number of nitrogens with one attached hydrogen (secondary N) is 1. The SMILES string of the molecule is C[C@@H]1OC(c2ccc(C3CC(=O)N(c4ccc5c(c4)CCNC5)C3)cc2)O[C@H]1C. The minimum Gasteiger partial charge on any atom is -0.343 e. The summed E-state index contributed by atoms with van der Waals surface area (Å²) in [6.45, 7) is 6.74. The number of hydrogen-bond acceptors (Lipinski definition) is 4. The van der Waals surface area contributed by atoms with E-state index in [0.717, 1.165) is 37.3 Å². The van der Waals surface area contributed by atoms with Gasteiger partial charge in [0, 0.05) is 36.7 Å². The number of fused-ring (bicyclic) bond motifs is 1. The quantitative estimate of drug-likeness (QED) is 0.866. The lowest BCUT2D eigenvalue weighted by Gasteiger charge is -2.22. The lowest BCUT2D eigenvalue weighted by Crippen LogP contribution is -2.27. The van der Waals surface area contributed by atoms with Crippen molar-refractivity contribution >= 4 is 11.6 Å². The highest BCUT2D eigenvalue weighted by Gasteiger charge is 2.33. The average Bonchev–Trinajstić information content (AvgIpc) is 3.30. The summed E-state index contributed by atoms with van der Waals surface area (Å²) in [4.78, 5) is 14.7. The fourth-order valence-corrected chi connectivity index (χ4v) is 4.54. The van der Waals surface area contributed by atoms with Crippen molar-refractivity contribution in [1.29, 1.82) is 0 Å². The normalized spacial score (nSPS) is 27.4. The van der Waals surface area contributed by atoms with E-state index in [1.807, 2.05) is 18.7 Å². The summed E-state index contributed by atoms with van der Waals surface area (Å²) in [6.07, 6.45) is 1.50. The lowest BCUT2D eigenvalue weighted by molar-refractivity contribution is -0.117. The Hall–Kier alpha value is -2.21. The highest BCUT2D eigenvalue weighted by molar-refractivity contribution is 5.96. The van der Waals surface area contributed by atoms with Crippen LogP contribution in [0.1, 0.15) is 54.7 Å². The Bertz CT molecular complexity index is 901. The van der Waals surface area contributed by atoms with E-state index < -0.39 is 0 Å². The third-order valence-electron chi connectivity index (χ3n) is 6.53. The number of carbonyl (C=O) groups is 1. The van der Waals surface area contributed by atoms with Gasteiger partial charge in [0.1, 0.15) is 0 Å². The first-order valence-corrected chi connectivity index (χ1v) is 10.6. The van der Waals surface area contributed by atoms with Crippen molar-refractivity contribution in [2.24, 2.45) is 0 Å². The molecular formula is C24H28N2O3. The fourth-order valence-electron chi connectivity index (χ4n) is 4.54. The molecule has 29 heavy (non-hydrogen) atoms. The monoisotopic (exact) mass is 392 g/mol. The van der Waals surface area contributed by atoms with E-state index in [1.165, 1.54) is 16.7 Å². The summed E-state index contributed by atoms with van der Waals surface area (Å²) >= 11 is 0. The molecule has 152 valence electrons. The van der Waals surface area contributed by atoms with E-state index in [-0.39, 0.29) is 30.3 Å². The minimum absolute atomic E-state index is 0.105. The molecule has 0 radical (unpaired) electrons. The van der Waals surface area contributed by atoms with Crippen LogP contribution in [-0.2, 0) is 27.2 Å². The van der Waals surface area contributed by atoms with Crippen molar-refractivity contribution in [3.8, 4) is 0 Å². The first kappa shape index (κ1) is 18.8. The van der Waals surface area contributed by atoms with Crippen LogP contribution in [0, 0.1) is 0 Å².